The van der Waals surface area contributed by atoms with Crippen LogP contribution in [-0.2, 0) is 21.4 Å². The van der Waals surface area contributed by atoms with Gasteiger partial charge in [-0.05, 0) is 38.5 Å². The molecule has 0 saturated heterocycles. The van der Waals surface area contributed by atoms with Crippen LogP contribution in [0, 0.1) is 5.92 Å². The Labute approximate surface area is 112 Å². The quantitative estimate of drug-likeness (QED) is 0.764. The summed E-state index contributed by atoms with van der Waals surface area (Å²) < 4.78 is 10.6. The van der Waals surface area contributed by atoms with Gasteiger partial charge in [0.2, 0.25) is 5.89 Å². The van der Waals surface area contributed by atoms with E-state index in [0.717, 1.165) is 37.9 Å². The first-order chi connectivity index (χ1) is 9.24. The second-order valence-electron chi connectivity index (χ2n) is 5.67. The van der Waals surface area contributed by atoms with Gasteiger partial charge in [-0.15, -0.1) is 0 Å². The third kappa shape index (κ3) is 2.38. The summed E-state index contributed by atoms with van der Waals surface area (Å²) in [5.41, 5.74) is -0.676. The number of ether oxygens (including phenoxy) is 1. The van der Waals surface area contributed by atoms with E-state index >= 15 is 0 Å². The minimum atomic E-state index is -0.676. The highest BCUT2D eigenvalue weighted by molar-refractivity contribution is 5.82. The lowest BCUT2D eigenvalue weighted by Gasteiger charge is -2.21. The summed E-state index contributed by atoms with van der Waals surface area (Å²) in [7, 11) is 0. The van der Waals surface area contributed by atoms with Crippen molar-refractivity contribution in [1.29, 1.82) is 0 Å². The van der Waals surface area contributed by atoms with Crippen LogP contribution in [0.25, 0.3) is 0 Å². The molecule has 104 valence electrons. The SMILES string of the molecule is CCOC(=O)C1(c2nc(CC3CC3)no2)CCCC1. The lowest BCUT2D eigenvalue weighted by Crippen LogP contribution is -2.35. The fourth-order valence-corrected chi connectivity index (χ4v) is 2.86. The summed E-state index contributed by atoms with van der Waals surface area (Å²) in [6.45, 7) is 2.22. The second-order valence-corrected chi connectivity index (χ2v) is 5.67. The van der Waals surface area contributed by atoms with Crippen molar-refractivity contribution in [3.05, 3.63) is 11.7 Å². The predicted molar refractivity (Wildman–Crippen MR) is 67.5 cm³/mol. The van der Waals surface area contributed by atoms with Crippen molar-refractivity contribution >= 4 is 5.97 Å². The van der Waals surface area contributed by atoms with Gasteiger partial charge < -0.3 is 9.26 Å². The highest BCUT2D eigenvalue weighted by atomic mass is 16.5. The van der Waals surface area contributed by atoms with Crippen molar-refractivity contribution in [3.63, 3.8) is 0 Å². The predicted octanol–water partition coefficient (Wildman–Crippen LogP) is 2.40. The zero-order chi connectivity index (χ0) is 13.3. The molecule has 5 heteroatoms. The molecule has 0 aliphatic heterocycles. The normalized spacial score (nSPS) is 21.5. The van der Waals surface area contributed by atoms with Crippen molar-refractivity contribution in [2.75, 3.05) is 6.61 Å². The standard InChI is InChI=1S/C14H20N2O3/c1-2-18-13(17)14(7-3-4-8-14)12-15-11(16-19-12)9-10-5-6-10/h10H,2-9H2,1H3. The van der Waals surface area contributed by atoms with E-state index < -0.39 is 5.41 Å². The Balaban J connectivity index is 1.82. The minimum absolute atomic E-state index is 0.200. The van der Waals surface area contributed by atoms with E-state index in [-0.39, 0.29) is 5.97 Å². The molecule has 1 aromatic rings. The van der Waals surface area contributed by atoms with Crippen molar-refractivity contribution in [2.45, 2.75) is 57.3 Å². The van der Waals surface area contributed by atoms with Crippen molar-refractivity contribution in [2.24, 2.45) is 5.92 Å². The fourth-order valence-electron chi connectivity index (χ4n) is 2.86. The van der Waals surface area contributed by atoms with E-state index in [1.165, 1.54) is 12.8 Å². The number of hydrogen-bond donors (Lipinski definition) is 0. The molecule has 19 heavy (non-hydrogen) atoms. The van der Waals surface area contributed by atoms with Gasteiger partial charge in [-0.25, -0.2) is 0 Å². The van der Waals surface area contributed by atoms with Crippen LogP contribution in [0.3, 0.4) is 0 Å². The molecule has 1 heterocycles. The van der Waals surface area contributed by atoms with Gasteiger partial charge in [0.05, 0.1) is 6.61 Å². The summed E-state index contributed by atoms with van der Waals surface area (Å²) in [6, 6.07) is 0. The van der Waals surface area contributed by atoms with Crippen molar-refractivity contribution in [3.8, 4) is 0 Å². The van der Waals surface area contributed by atoms with Crippen LogP contribution in [0.1, 0.15) is 57.2 Å². The zero-order valence-corrected chi connectivity index (χ0v) is 11.4. The average Bonchev–Trinajstić information content (AvgIpc) is 2.92. The van der Waals surface area contributed by atoms with E-state index in [9.17, 15) is 4.79 Å². The number of hydrogen-bond acceptors (Lipinski definition) is 5. The van der Waals surface area contributed by atoms with Gasteiger partial charge in [0, 0.05) is 6.42 Å². The molecule has 3 rings (SSSR count). The first-order valence-electron chi connectivity index (χ1n) is 7.25. The van der Waals surface area contributed by atoms with Crippen LogP contribution in [-0.4, -0.2) is 22.7 Å². The van der Waals surface area contributed by atoms with Gasteiger partial charge in [-0.3, -0.25) is 4.79 Å². The smallest absolute Gasteiger partial charge is 0.321 e. The monoisotopic (exact) mass is 264 g/mol. The molecule has 2 aliphatic carbocycles. The van der Waals surface area contributed by atoms with Gasteiger partial charge >= 0.3 is 5.97 Å². The number of aromatic nitrogens is 2. The third-order valence-corrected chi connectivity index (χ3v) is 4.17. The van der Waals surface area contributed by atoms with Crippen LogP contribution >= 0.6 is 0 Å². The fraction of sp³-hybridized carbons (Fsp3) is 0.786. The average molecular weight is 264 g/mol. The van der Waals surface area contributed by atoms with E-state index in [4.69, 9.17) is 9.26 Å². The van der Waals surface area contributed by atoms with Crippen LogP contribution in [0.5, 0.6) is 0 Å². The Kier molecular flexibility index (Phi) is 3.29. The highest BCUT2D eigenvalue weighted by Crippen LogP contribution is 2.42. The van der Waals surface area contributed by atoms with Gasteiger partial charge in [-0.2, -0.15) is 4.98 Å². The molecule has 1 aromatic heterocycles. The van der Waals surface area contributed by atoms with E-state index in [0.29, 0.717) is 18.4 Å². The Morgan fingerprint density at radius 3 is 2.79 bits per heavy atom. The zero-order valence-electron chi connectivity index (χ0n) is 11.4. The Hall–Kier alpha value is -1.39. The van der Waals surface area contributed by atoms with Crippen LogP contribution in [0.4, 0.5) is 0 Å². The maximum absolute atomic E-state index is 12.3. The minimum Gasteiger partial charge on any atom is -0.465 e. The van der Waals surface area contributed by atoms with Crippen LogP contribution in [0.15, 0.2) is 4.52 Å². The molecular formula is C14H20N2O3. The number of carbonyl (C=O) groups excluding carboxylic acids is 1. The summed E-state index contributed by atoms with van der Waals surface area (Å²) in [5.74, 6) is 1.73. The Morgan fingerprint density at radius 1 is 1.42 bits per heavy atom. The van der Waals surface area contributed by atoms with Crippen LogP contribution in [0.2, 0.25) is 0 Å². The molecule has 0 bridgehead atoms. The van der Waals surface area contributed by atoms with Gasteiger partial charge in [0.1, 0.15) is 5.41 Å². The van der Waals surface area contributed by atoms with E-state index in [1.54, 1.807) is 0 Å². The van der Waals surface area contributed by atoms with Gasteiger partial charge in [-0.1, -0.05) is 18.0 Å². The lowest BCUT2D eigenvalue weighted by atomic mass is 9.86. The number of esters is 1. The topological polar surface area (TPSA) is 65.2 Å². The van der Waals surface area contributed by atoms with Gasteiger partial charge in [0.15, 0.2) is 5.82 Å². The number of carbonyl (C=O) groups is 1. The number of rotatable bonds is 5. The molecule has 0 unspecified atom stereocenters. The van der Waals surface area contributed by atoms with Crippen molar-refractivity contribution < 1.29 is 14.1 Å². The molecular weight excluding hydrogens is 244 g/mol. The molecule has 0 N–H and O–H groups in total. The largest absolute Gasteiger partial charge is 0.465 e. The first kappa shape index (κ1) is 12.6. The van der Waals surface area contributed by atoms with E-state index in [2.05, 4.69) is 10.1 Å². The molecule has 0 radical (unpaired) electrons. The lowest BCUT2D eigenvalue weighted by molar-refractivity contribution is -0.151. The van der Waals surface area contributed by atoms with Gasteiger partial charge in [0.25, 0.3) is 0 Å². The molecule has 0 atom stereocenters. The molecule has 0 amide bonds. The molecule has 5 nitrogen and oxygen atoms in total. The molecule has 2 fully saturated rings. The van der Waals surface area contributed by atoms with E-state index in [1.807, 2.05) is 6.92 Å². The van der Waals surface area contributed by atoms with Crippen molar-refractivity contribution in [1.82, 2.24) is 10.1 Å². The van der Waals surface area contributed by atoms with Crippen LogP contribution < -0.4 is 0 Å². The second kappa shape index (κ2) is 4.94. The molecule has 2 saturated carbocycles. The first-order valence-corrected chi connectivity index (χ1v) is 7.25. The Morgan fingerprint density at radius 2 is 2.16 bits per heavy atom. The number of nitrogens with zero attached hydrogens (tertiary/aromatic N) is 2. The summed E-state index contributed by atoms with van der Waals surface area (Å²) in [6.07, 6.45) is 6.94. The summed E-state index contributed by atoms with van der Waals surface area (Å²) in [4.78, 5) is 16.7. The molecule has 0 spiro atoms. The molecule has 0 aromatic carbocycles. The summed E-state index contributed by atoms with van der Waals surface area (Å²) >= 11 is 0. The molecule has 2 aliphatic rings. The third-order valence-electron chi connectivity index (χ3n) is 4.17. The maximum Gasteiger partial charge on any atom is 0.321 e. The summed E-state index contributed by atoms with van der Waals surface area (Å²) in [5, 5.41) is 4.03. The maximum atomic E-state index is 12.3. The highest BCUT2D eigenvalue weighted by Gasteiger charge is 2.49. The Bertz CT molecular complexity index is 459.